The number of aliphatic hydroxyl groups is 1. The highest BCUT2D eigenvalue weighted by atomic mass is 35.5. The summed E-state index contributed by atoms with van der Waals surface area (Å²) < 4.78 is 1.96. The van der Waals surface area contributed by atoms with Gasteiger partial charge in [-0.05, 0) is 30.7 Å². The highest BCUT2D eigenvalue weighted by Gasteiger charge is 2.36. The smallest absolute Gasteiger partial charge is 0.261 e. The Labute approximate surface area is 175 Å². The fourth-order valence-corrected chi connectivity index (χ4v) is 4.16. The van der Waals surface area contributed by atoms with E-state index in [0.717, 1.165) is 21.8 Å². The molecule has 150 valence electrons. The second-order valence-corrected chi connectivity index (χ2v) is 7.56. The zero-order valence-electron chi connectivity index (χ0n) is 15.8. The average molecular weight is 421 g/mol. The van der Waals surface area contributed by atoms with Crippen LogP contribution in [-0.2, 0) is 16.1 Å². The number of fused-ring (bicyclic) bond motifs is 2. The molecule has 0 fully saturated rings. The SMILES string of the molecule is O=C1NC(=O)C(c2cn(CCCO)c3ccc(Cl)cc23)=C1c1n[nH]c2ccccc12. The molecule has 0 saturated heterocycles. The number of nitrogens with one attached hydrogen (secondary N) is 2. The summed E-state index contributed by atoms with van der Waals surface area (Å²) in [5, 5.41) is 21.0. The van der Waals surface area contributed by atoms with Gasteiger partial charge >= 0.3 is 0 Å². The van der Waals surface area contributed by atoms with Gasteiger partial charge in [-0.25, -0.2) is 0 Å². The number of amides is 2. The molecule has 0 saturated carbocycles. The van der Waals surface area contributed by atoms with Crippen LogP contribution in [0.25, 0.3) is 33.0 Å². The number of hydrogen-bond acceptors (Lipinski definition) is 4. The average Bonchev–Trinajstić information content (AvgIpc) is 3.39. The van der Waals surface area contributed by atoms with Gasteiger partial charge in [-0.2, -0.15) is 5.10 Å². The summed E-state index contributed by atoms with van der Waals surface area (Å²) in [5.74, 6) is -0.950. The van der Waals surface area contributed by atoms with Crippen LogP contribution in [0.2, 0.25) is 5.02 Å². The molecule has 1 aliphatic heterocycles. The van der Waals surface area contributed by atoms with Crippen molar-refractivity contribution >= 4 is 56.4 Å². The summed E-state index contributed by atoms with van der Waals surface area (Å²) in [6, 6.07) is 12.9. The number of aromatic amines is 1. The molecule has 2 aromatic carbocycles. The summed E-state index contributed by atoms with van der Waals surface area (Å²) in [5.41, 5.74) is 3.19. The number of aryl methyl sites for hydroxylation is 1. The third-order valence-electron chi connectivity index (χ3n) is 5.31. The molecule has 1 aliphatic rings. The molecule has 30 heavy (non-hydrogen) atoms. The number of aromatic nitrogens is 3. The Morgan fingerprint density at radius 2 is 1.83 bits per heavy atom. The number of halogens is 1. The first-order chi connectivity index (χ1) is 14.6. The molecule has 0 aliphatic carbocycles. The zero-order chi connectivity index (χ0) is 20.8. The van der Waals surface area contributed by atoms with Crippen molar-refractivity contribution in [3.63, 3.8) is 0 Å². The fraction of sp³-hybridized carbons (Fsp3) is 0.136. The van der Waals surface area contributed by atoms with Crippen molar-refractivity contribution < 1.29 is 14.7 Å². The number of para-hydroxylation sites is 1. The predicted molar refractivity (Wildman–Crippen MR) is 115 cm³/mol. The number of benzene rings is 2. The van der Waals surface area contributed by atoms with Gasteiger partial charge in [0.15, 0.2) is 0 Å². The van der Waals surface area contributed by atoms with E-state index in [9.17, 15) is 14.7 Å². The van der Waals surface area contributed by atoms with Crippen molar-refractivity contribution in [3.05, 3.63) is 64.9 Å². The van der Waals surface area contributed by atoms with Gasteiger partial charge in [0, 0.05) is 46.2 Å². The Hall–Kier alpha value is -3.42. The van der Waals surface area contributed by atoms with Crippen molar-refractivity contribution in [2.24, 2.45) is 0 Å². The normalized spacial score (nSPS) is 14.3. The monoisotopic (exact) mass is 420 g/mol. The van der Waals surface area contributed by atoms with Crippen LogP contribution in [0.1, 0.15) is 17.7 Å². The molecule has 3 N–H and O–H groups in total. The molecule has 0 unspecified atom stereocenters. The number of carbonyl (C=O) groups excluding carboxylic acids is 2. The van der Waals surface area contributed by atoms with Gasteiger partial charge in [-0.1, -0.05) is 29.8 Å². The molecule has 2 aromatic heterocycles. The van der Waals surface area contributed by atoms with Gasteiger partial charge < -0.3 is 9.67 Å². The third-order valence-corrected chi connectivity index (χ3v) is 5.54. The Kier molecular flexibility index (Phi) is 4.42. The molecule has 7 nitrogen and oxygen atoms in total. The van der Waals surface area contributed by atoms with E-state index in [-0.39, 0.29) is 17.8 Å². The number of rotatable bonds is 5. The first-order valence-electron chi connectivity index (χ1n) is 9.51. The van der Waals surface area contributed by atoms with E-state index >= 15 is 0 Å². The highest BCUT2D eigenvalue weighted by Crippen LogP contribution is 2.38. The lowest BCUT2D eigenvalue weighted by molar-refractivity contribution is -0.122. The van der Waals surface area contributed by atoms with Crippen LogP contribution in [0.3, 0.4) is 0 Å². The maximum Gasteiger partial charge on any atom is 0.261 e. The zero-order valence-corrected chi connectivity index (χ0v) is 16.5. The summed E-state index contributed by atoms with van der Waals surface area (Å²) in [7, 11) is 0. The second-order valence-electron chi connectivity index (χ2n) is 7.13. The molecular formula is C22H17ClN4O3. The minimum Gasteiger partial charge on any atom is -0.396 e. The second kappa shape index (κ2) is 7.12. The minimum absolute atomic E-state index is 0.0504. The standard InChI is InChI=1S/C22H17ClN4O3/c23-12-6-7-17-14(10-12)15(11-27(17)8-3-9-28)18-19(22(30)24-21(18)29)20-13-4-1-2-5-16(13)25-26-20/h1-2,4-7,10-11,28H,3,8-9H2,(H,25,26)(H,24,29,30). The summed E-state index contributed by atoms with van der Waals surface area (Å²) in [6.07, 6.45) is 2.39. The Bertz CT molecular complexity index is 1370. The van der Waals surface area contributed by atoms with Crippen LogP contribution in [0.4, 0.5) is 0 Å². The summed E-state index contributed by atoms with van der Waals surface area (Å²) in [6.45, 7) is 0.618. The minimum atomic E-state index is -0.481. The molecular weight excluding hydrogens is 404 g/mol. The van der Waals surface area contributed by atoms with E-state index in [1.807, 2.05) is 41.1 Å². The summed E-state index contributed by atoms with van der Waals surface area (Å²) in [4.78, 5) is 25.7. The first kappa shape index (κ1) is 18.6. The first-order valence-corrected chi connectivity index (χ1v) is 9.89. The van der Waals surface area contributed by atoms with Crippen LogP contribution in [0.5, 0.6) is 0 Å². The van der Waals surface area contributed by atoms with Crippen LogP contribution < -0.4 is 5.32 Å². The lowest BCUT2D eigenvalue weighted by atomic mass is 9.97. The van der Waals surface area contributed by atoms with Crippen LogP contribution in [0, 0.1) is 0 Å². The van der Waals surface area contributed by atoms with E-state index in [2.05, 4.69) is 15.5 Å². The van der Waals surface area contributed by atoms with E-state index in [0.29, 0.717) is 29.2 Å². The van der Waals surface area contributed by atoms with Gasteiger partial charge in [0.05, 0.1) is 16.7 Å². The molecule has 0 spiro atoms. The molecule has 8 heteroatoms. The Balaban J connectivity index is 1.80. The quantitative estimate of drug-likeness (QED) is 0.432. The molecule has 5 rings (SSSR count). The van der Waals surface area contributed by atoms with E-state index in [4.69, 9.17) is 11.6 Å². The fourth-order valence-electron chi connectivity index (χ4n) is 3.99. The van der Waals surface area contributed by atoms with Gasteiger partial charge in [0.25, 0.3) is 11.8 Å². The van der Waals surface area contributed by atoms with Crippen molar-refractivity contribution in [2.75, 3.05) is 6.61 Å². The van der Waals surface area contributed by atoms with Gasteiger partial charge in [0.2, 0.25) is 0 Å². The van der Waals surface area contributed by atoms with Crippen LogP contribution in [-0.4, -0.2) is 38.3 Å². The van der Waals surface area contributed by atoms with Crippen LogP contribution in [0.15, 0.2) is 48.7 Å². The maximum atomic E-state index is 12.9. The van der Waals surface area contributed by atoms with Crippen molar-refractivity contribution in [2.45, 2.75) is 13.0 Å². The molecule has 4 aromatic rings. The molecule has 2 amide bonds. The van der Waals surface area contributed by atoms with Gasteiger partial charge in [0.1, 0.15) is 5.69 Å². The van der Waals surface area contributed by atoms with Gasteiger partial charge in [-0.3, -0.25) is 20.0 Å². The Morgan fingerprint density at radius 3 is 2.67 bits per heavy atom. The van der Waals surface area contributed by atoms with Crippen molar-refractivity contribution in [1.82, 2.24) is 20.1 Å². The maximum absolute atomic E-state index is 12.9. The lowest BCUT2D eigenvalue weighted by Crippen LogP contribution is -2.22. The lowest BCUT2D eigenvalue weighted by Gasteiger charge is -2.03. The largest absolute Gasteiger partial charge is 0.396 e. The van der Waals surface area contributed by atoms with Gasteiger partial charge in [-0.15, -0.1) is 0 Å². The summed E-state index contributed by atoms with van der Waals surface area (Å²) >= 11 is 6.24. The molecule has 3 heterocycles. The number of carbonyl (C=O) groups is 2. The van der Waals surface area contributed by atoms with Crippen molar-refractivity contribution in [3.8, 4) is 0 Å². The van der Waals surface area contributed by atoms with E-state index < -0.39 is 11.8 Å². The van der Waals surface area contributed by atoms with E-state index in [1.54, 1.807) is 12.1 Å². The number of hydrogen-bond donors (Lipinski definition) is 3. The number of imide groups is 1. The van der Waals surface area contributed by atoms with Crippen molar-refractivity contribution in [1.29, 1.82) is 0 Å². The number of H-pyrrole nitrogens is 1. The third kappa shape index (κ3) is 2.82. The molecule has 0 radical (unpaired) electrons. The molecule has 0 bridgehead atoms. The highest BCUT2D eigenvalue weighted by molar-refractivity contribution is 6.50. The predicted octanol–water partition coefficient (Wildman–Crippen LogP) is 3.12. The number of nitrogens with zero attached hydrogens (tertiary/aromatic N) is 2. The molecule has 0 atom stereocenters. The topological polar surface area (TPSA) is 100 Å². The van der Waals surface area contributed by atoms with Crippen LogP contribution >= 0.6 is 11.6 Å². The Morgan fingerprint density at radius 1 is 1.03 bits per heavy atom. The van der Waals surface area contributed by atoms with E-state index in [1.165, 1.54) is 0 Å². The number of aliphatic hydroxyl groups excluding tert-OH is 1.